The van der Waals surface area contributed by atoms with E-state index in [1.807, 2.05) is 35.7 Å². The van der Waals surface area contributed by atoms with Crippen LogP contribution in [0.3, 0.4) is 0 Å². The lowest BCUT2D eigenvalue weighted by Crippen LogP contribution is -2.31. The number of amides is 1. The molecular weight excluding hydrogens is 366 g/mol. The molecule has 0 aliphatic heterocycles. The Bertz CT molecular complexity index is 893. The highest BCUT2D eigenvalue weighted by Gasteiger charge is 2.19. The molecule has 1 heterocycles. The number of hydrogen-bond acceptors (Lipinski definition) is 5. The quantitative estimate of drug-likeness (QED) is 0.483. The first-order valence-corrected chi connectivity index (χ1v) is 10.0. The van der Waals surface area contributed by atoms with Gasteiger partial charge < -0.3 is 10.1 Å². The molecule has 1 aromatic heterocycles. The van der Waals surface area contributed by atoms with Gasteiger partial charge in [-0.3, -0.25) is 9.59 Å². The standard InChI is InChI=1S/C20H19NO3S2/c1-24-20(23)12-17(18-7-4-10-25-18)21-19(22)13-26-16-9-8-14-5-2-3-6-15(14)11-16/h2-11,17H,12-13H2,1H3,(H,21,22). The molecule has 0 aliphatic rings. The van der Waals surface area contributed by atoms with Crippen LogP contribution in [0.4, 0.5) is 0 Å². The Hall–Kier alpha value is -2.31. The molecule has 0 radical (unpaired) electrons. The summed E-state index contributed by atoms with van der Waals surface area (Å²) in [4.78, 5) is 26.0. The molecular formula is C20H19NO3S2. The van der Waals surface area contributed by atoms with Gasteiger partial charge in [-0.15, -0.1) is 23.1 Å². The van der Waals surface area contributed by atoms with E-state index >= 15 is 0 Å². The SMILES string of the molecule is COC(=O)CC(NC(=O)CSc1ccc2ccccc2c1)c1cccs1. The number of rotatable bonds is 7. The average molecular weight is 386 g/mol. The first-order valence-electron chi connectivity index (χ1n) is 8.17. The van der Waals surface area contributed by atoms with Crippen molar-refractivity contribution in [2.24, 2.45) is 0 Å². The van der Waals surface area contributed by atoms with Gasteiger partial charge in [0.15, 0.2) is 0 Å². The van der Waals surface area contributed by atoms with Crippen molar-refractivity contribution in [3.63, 3.8) is 0 Å². The fourth-order valence-corrected chi connectivity index (χ4v) is 4.14. The number of thioether (sulfide) groups is 1. The van der Waals surface area contributed by atoms with E-state index in [2.05, 4.69) is 29.6 Å². The molecule has 26 heavy (non-hydrogen) atoms. The minimum atomic E-state index is -0.354. The summed E-state index contributed by atoms with van der Waals surface area (Å²) in [5, 5.41) is 7.20. The normalized spacial score (nSPS) is 11.9. The van der Waals surface area contributed by atoms with E-state index in [1.54, 1.807) is 0 Å². The Balaban J connectivity index is 1.61. The summed E-state index contributed by atoms with van der Waals surface area (Å²) in [7, 11) is 1.35. The van der Waals surface area contributed by atoms with E-state index in [4.69, 9.17) is 4.74 Å². The van der Waals surface area contributed by atoms with Crippen LogP contribution in [0.1, 0.15) is 17.3 Å². The number of methoxy groups -OCH3 is 1. The van der Waals surface area contributed by atoms with E-state index < -0.39 is 0 Å². The van der Waals surface area contributed by atoms with Crippen LogP contribution < -0.4 is 5.32 Å². The van der Waals surface area contributed by atoms with Gasteiger partial charge in [0.2, 0.25) is 5.91 Å². The summed E-state index contributed by atoms with van der Waals surface area (Å²) in [6.07, 6.45) is 0.128. The van der Waals surface area contributed by atoms with Gasteiger partial charge in [0, 0.05) is 9.77 Å². The maximum Gasteiger partial charge on any atom is 0.307 e. The molecule has 0 saturated carbocycles. The van der Waals surface area contributed by atoms with Crippen LogP contribution in [0.15, 0.2) is 64.9 Å². The third kappa shape index (κ3) is 4.86. The number of ether oxygens (including phenoxy) is 1. The van der Waals surface area contributed by atoms with Gasteiger partial charge in [0.25, 0.3) is 0 Å². The number of thiophene rings is 1. The Morgan fingerprint density at radius 1 is 1.12 bits per heavy atom. The second-order valence-corrected chi connectivity index (χ2v) is 7.74. The molecule has 0 saturated heterocycles. The molecule has 1 atom stereocenters. The molecule has 6 heteroatoms. The fraction of sp³-hybridized carbons (Fsp3) is 0.200. The number of benzene rings is 2. The molecule has 134 valence electrons. The molecule has 0 bridgehead atoms. The summed E-state index contributed by atoms with van der Waals surface area (Å²) in [5.41, 5.74) is 0. The molecule has 3 rings (SSSR count). The van der Waals surface area contributed by atoms with Crippen LogP contribution in [0.2, 0.25) is 0 Å². The number of carbonyl (C=O) groups is 2. The molecule has 2 aromatic carbocycles. The van der Waals surface area contributed by atoms with Crippen molar-refractivity contribution >= 4 is 45.7 Å². The van der Waals surface area contributed by atoms with Crippen molar-refractivity contribution in [3.05, 3.63) is 64.9 Å². The molecule has 1 amide bonds. The lowest BCUT2D eigenvalue weighted by atomic mass is 10.1. The Labute approximate surface area is 160 Å². The van der Waals surface area contributed by atoms with Crippen LogP contribution in [-0.4, -0.2) is 24.7 Å². The summed E-state index contributed by atoms with van der Waals surface area (Å²) in [5.74, 6) is -0.155. The molecule has 0 fully saturated rings. The molecule has 0 aliphatic carbocycles. The molecule has 1 N–H and O–H groups in total. The maximum absolute atomic E-state index is 12.4. The Morgan fingerprint density at radius 3 is 2.65 bits per heavy atom. The van der Waals surface area contributed by atoms with Crippen molar-refractivity contribution in [2.45, 2.75) is 17.4 Å². The van der Waals surface area contributed by atoms with E-state index in [0.29, 0.717) is 5.75 Å². The summed E-state index contributed by atoms with van der Waals surface area (Å²) in [6, 6.07) is 17.8. The van der Waals surface area contributed by atoms with Gasteiger partial charge >= 0.3 is 5.97 Å². The molecule has 1 unspecified atom stereocenters. The summed E-state index contributed by atoms with van der Waals surface area (Å²) >= 11 is 2.99. The zero-order valence-electron chi connectivity index (χ0n) is 14.3. The second-order valence-electron chi connectivity index (χ2n) is 5.71. The minimum Gasteiger partial charge on any atom is -0.469 e. The first kappa shape index (κ1) is 18.5. The minimum absolute atomic E-state index is 0.106. The van der Waals surface area contributed by atoms with Crippen molar-refractivity contribution in [3.8, 4) is 0 Å². The van der Waals surface area contributed by atoms with Crippen molar-refractivity contribution in [2.75, 3.05) is 12.9 Å². The fourth-order valence-electron chi connectivity index (χ4n) is 2.60. The average Bonchev–Trinajstić information content (AvgIpc) is 3.20. The summed E-state index contributed by atoms with van der Waals surface area (Å²) < 4.78 is 4.74. The van der Waals surface area contributed by atoms with Gasteiger partial charge in [-0.1, -0.05) is 36.4 Å². The molecule has 4 nitrogen and oxygen atoms in total. The summed E-state index contributed by atoms with van der Waals surface area (Å²) in [6.45, 7) is 0. The maximum atomic E-state index is 12.4. The van der Waals surface area contributed by atoms with Crippen molar-refractivity contribution in [1.29, 1.82) is 0 Å². The second kappa shape index (κ2) is 8.87. The van der Waals surface area contributed by atoms with Crippen LogP contribution in [0, 0.1) is 0 Å². The Kier molecular flexibility index (Phi) is 6.30. The molecule has 0 spiro atoms. The highest BCUT2D eigenvalue weighted by molar-refractivity contribution is 8.00. The van der Waals surface area contributed by atoms with Crippen LogP contribution in [0.25, 0.3) is 10.8 Å². The third-order valence-electron chi connectivity index (χ3n) is 3.91. The number of esters is 1. The lowest BCUT2D eigenvalue weighted by Gasteiger charge is -2.16. The van der Waals surface area contributed by atoms with Gasteiger partial charge in [-0.25, -0.2) is 0 Å². The lowest BCUT2D eigenvalue weighted by molar-refractivity contribution is -0.141. The predicted molar refractivity (Wildman–Crippen MR) is 107 cm³/mol. The predicted octanol–water partition coefficient (Wildman–Crippen LogP) is 4.41. The van der Waals surface area contributed by atoms with Crippen LogP contribution in [0.5, 0.6) is 0 Å². The first-order chi connectivity index (χ1) is 12.7. The Morgan fingerprint density at radius 2 is 1.92 bits per heavy atom. The van der Waals surface area contributed by atoms with E-state index in [9.17, 15) is 9.59 Å². The van der Waals surface area contributed by atoms with E-state index in [0.717, 1.165) is 15.2 Å². The van der Waals surface area contributed by atoms with Crippen LogP contribution in [-0.2, 0) is 14.3 Å². The monoisotopic (exact) mass is 385 g/mol. The van der Waals surface area contributed by atoms with Gasteiger partial charge in [-0.2, -0.15) is 0 Å². The number of hydrogen-bond donors (Lipinski definition) is 1. The highest BCUT2D eigenvalue weighted by Crippen LogP contribution is 2.25. The number of nitrogens with one attached hydrogen (secondary N) is 1. The van der Waals surface area contributed by atoms with E-state index in [1.165, 1.54) is 35.6 Å². The van der Waals surface area contributed by atoms with Gasteiger partial charge in [0.05, 0.1) is 25.3 Å². The molecule has 3 aromatic rings. The number of carbonyl (C=O) groups excluding carboxylic acids is 2. The highest BCUT2D eigenvalue weighted by atomic mass is 32.2. The van der Waals surface area contributed by atoms with Gasteiger partial charge in [-0.05, 0) is 34.4 Å². The largest absolute Gasteiger partial charge is 0.469 e. The van der Waals surface area contributed by atoms with E-state index in [-0.39, 0.29) is 24.3 Å². The van der Waals surface area contributed by atoms with Gasteiger partial charge in [0.1, 0.15) is 0 Å². The van der Waals surface area contributed by atoms with Crippen molar-refractivity contribution in [1.82, 2.24) is 5.32 Å². The number of fused-ring (bicyclic) bond motifs is 1. The van der Waals surface area contributed by atoms with Crippen LogP contribution >= 0.6 is 23.1 Å². The topological polar surface area (TPSA) is 55.4 Å². The smallest absolute Gasteiger partial charge is 0.307 e. The zero-order chi connectivity index (χ0) is 18.4. The third-order valence-corrected chi connectivity index (χ3v) is 5.89. The zero-order valence-corrected chi connectivity index (χ0v) is 15.9. The van der Waals surface area contributed by atoms with Crippen molar-refractivity contribution < 1.29 is 14.3 Å².